The maximum atomic E-state index is 14.7. The van der Waals surface area contributed by atoms with E-state index in [2.05, 4.69) is 29.4 Å². The highest BCUT2D eigenvalue weighted by Crippen LogP contribution is 2.22. The number of unbranched alkanes of at least 4 members (excludes halogenated alkanes) is 2. The Morgan fingerprint density at radius 2 is 2.10 bits per heavy atom. The maximum absolute atomic E-state index is 14.7. The number of nitrogens with one attached hydrogen (secondary N) is 1. The topological polar surface area (TPSA) is 51.2 Å². The van der Waals surface area contributed by atoms with Gasteiger partial charge in [0.15, 0.2) is 11.6 Å². The number of ether oxygens (including phenoxy) is 1. The third-order valence-electron chi connectivity index (χ3n) is 4.47. The standard InChI is InChI=1S/C23H25FN2O2S/c1-2-3-4-5-6-7-13-28-20-10-8-9-18(22(20)24)15-25-23(27)17-11-12-19-21(14-17)29-16-26-19/h4-5,8-12,14,16H,2-3,6-7,13,15H2,1H3,(H,25,27). The van der Waals surface area contributed by atoms with E-state index in [1.165, 1.54) is 11.3 Å². The number of aromatic nitrogens is 1. The number of fused-ring (bicyclic) bond motifs is 1. The van der Waals surface area contributed by atoms with Gasteiger partial charge in [-0.3, -0.25) is 4.79 Å². The molecule has 2 aromatic carbocycles. The molecule has 0 unspecified atom stereocenters. The molecule has 0 radical (unpaired) electrons. The molecule has 3 rings (SSSR count). The van der Waals surface area contributed by atoms with Gasteiger partial charge in [-0.2, -0.15) is 0 Å². The molecule has 0 bridgehead atoms. The van der Waals surface area contributed by atoms with Crippen molar-refractivity contribution in [1.29, 1.82) is 0 Å². The van der Waals surface area contributed by atoms with E-state index in [9.17, 15) is 9.18 Å². The number of allylic oxidation sites excluding steroid dienone is 2. The number of carbonyl (C=O) groups excluding carboxylic acids is 1. The van der Waals surface area contributed by atoms with Crippen molar-refractivity contribution >= 4 is 27.5 Å². The zero-order chi connectivity index (χ0) is 20.5. The summed E-state index contributed by atoms with van der Waals surface area (Å²) in [6, 6.07) is 10.3. The van der Waals surface area contributed by atoms with Gasteiger partial charge >= 0.3 is 0 Å². The van der Waals surface area contributed by atoms with Crippen LogP contribution in [0.25, 0.3) is 10.2 Å². The lowest BCUT2D eigenvalue weighted by atomic mass is 10.1. The molecule has 0 atom stereocenters. The van der Waals surface area contributed by atoms with Gasteiger partial charge in [-0.25, -0.2) is 9.37 Å². The van der Waals surface area contributed by atoms with E-state index in [0.717, 1.165) is 35.9 Å². The Morgan fingerprint density at radius 3 is 2.97 bits per heavy atom. The summed E-state index contributed by atoms with van der Waals surface area (Å²) in [6.45, 7) is 2.70. The molecule has 0 saturated carbocycles. The third-order valence-corrected chi connectivity index (χ3v) is 5.26. The van der Waals surface area contributed by atoms with E-state index >= 15 is 0 Å². The van der Waals surface area contributed by atoms with Gasteiger partial charge in [-0.05, 0) is 43.5 Å². The lowest BCUT2D eigenvalue weighted by molar-refractivity contribution is 0.0950. The summed E-state index contributed by atoms with van der Waals surface area (Å²) in [5.74, 6) is -0.447. The molecule has 1 heterocycles. The van der Waals surface area contributed by atoms with Gasteiger partial charge in [-0.15, -0.1) is 11.3 Å². The molecule has 1 aromatic heterocycles. The Morgan fingerprint density at radius 1 is 1.24 bits per heavy atom. The summed E-state index contributed by atoms with van der Waals surface area (Å²) in [5, 5.41) is 2.78. The van der Waals surface area contributed by atoms with Crippen LogP contribution in [0.4, 0.5) is 4.39 Å². The van der Waals surface area contributed by atoms with E-state index in [1.54, 1.807) is 35.8 Å². The van der Waals surface area contributed by atoms with Crippen molar-refractivity contribution in [3.8, 4) is 5.75 Å². The molecule has 3 aromatic rings. The van der Waals surface area contributed by atoms with Crippen molar-refractivity contribution in [3.63, 3.8) is 0 Å². The van der Waals surface area contributed by atoms with E-state index in [4.69, 9.17) is 4.74 Å². The SMILES string of the molecule is CCCC=CCCCOc1cccc(CNC(=O)c2ccc3ncsc3c2)c1F. The molecule has 0 aliphatic rings. The number of thiazole rings is 1. The molecular weight excluding hydrogens is 387 g/mol. The average molecular weight is 413 g/mol. The van der Waals surface area contributed by atoms with Crippen molar-refractivity contribution in [2.45, 2.75) is 39.2 Å². The van der Waals surface area contributed by atoms with Crippen LogP contribution in [0.3, 0.4) is 0 Å². The summed E-state index contributed by atoms with van der Waals surface area (Å²) in [4.78, 5) is 16.6. The Bertz CT molecular complexity index is 984. The van der Waals surface area contributed by atoms with Gasteiger partial charge in [-0.1, -0.05) is 37.6 Å². The van der Waals surface area contributed by atoms with Crippen LogP contribution in [0.2, 0.25) is 0 Å². The van der Waals surface area contributed by atoms with Gasteiger partial charge in [0.25, 0.3) is 5.91 Å². The van der Waals surface area contributed by atoms with Gasteiger partial charge in [0.1, 0.15) is 0 Å². The fourth-order valence-electron chi connectivity index (χ4n) is 2.86. The van der Waals surface area contributed by atoms with Crippen molar-refractivity contribution < 1.29 is 13.9 Å². The first-order valence-electron chi connectivity index (χ1n) is 9.85. The van der Waals surface area contributed by atoms with E-state index < -0.39 is 5.82 Å². The molecule has 1 N–H and O–H groups in total. The highest BCUT2D eigenvalue weighted by molar-refractivity contribution is 7.16. The normalized spacial score (nSPS) is 11.2. The molecule has 29 heavy (non-hydrogen) atoms. The number of rotatable bonds is 10. The van der Waals surface area contributed by atoms with E-state index in [-0.39, 0.29) is 18.2 Å². The first-order valence-corrected chi connectivity index (χ1v) is 10.7. The summed E-state index contributed by atoms with van der Waals surface area (Å²) in [7, 11) is 0. The average Bonchev–Trinajstić information content (AvgIpc) is 3.21. The largest absolute Gasteiger partial charge is 0.490 e. The van der Waals surface area contributed by atoms with Crippen molar-refractivity contribution in [2.24, 2.45) is 0 Å². The van der Waals surface area contributed by atoms with Crippen LogP contribution in [0.1, 0.15) is 48.5 Å². The van der Waals surface area contributed by atoms with E-state index in [1.807, 2.05) is 6.07 Å². The highest BCUT2D eigenvalue weighted by Gasteiger charge is 2.12. The molecule has 1 amide bonds. The Hall–Kier alpha value is -2.73. The monoisotopic (exact) mass is 412 g/mol. The number of carbonyl (C=O) groups is 1. The van der Waals surface area contributed by atoms with Crippen LogP contribution in [0.5, 0.6) is 5.75 Å². The van der Waals surface area contributed by atoms with Crippen LogP contribution < -0.4 is 10.1 Å². The molecule has 0 aliphatic heterocycles. The van der Waals surface area contributed by atoms with Crippen LogP contribution in [0, 0.1) is 5.82 Å². The minimum atomic E-state index is -0.424. The van der Waals surface area contributed by atoms with Gasteiger partial charge in [0.2, 0.25) is 0 Å². The molecule has 0 fully saturated rings. The Labute approximate surface area is 174 Å². The molecule has 0 aliphatic carbocycles. The summed E-state index contributed by atoms with van der Waals surface area (Å²) in [6.07, 6.45) is 8.28. The number of hydrogen-bond acceptors (Lipinski definition) is 4. The van der Waals surface area contributed by atoms with Crippen molar-refractivity contribution in [1.82, 2.24) is 10.3 Å². The lowest BCUT2D eigenvalue weighted by Crippen LogP contribution is -2.23. The van der Waals surface area contributed by atoms with Crippen LogP contribution in [0.15, 0.2) is 54.1 Å². The van der Waals surface area contributed by atoms with Crippen molar-refractivity contribution in [3.05, 3.63) is 71.0 Å². The predicted molar refractivity (Wildman–Crippen MR) is 116 cm³/mol. The quantitative estimate of drug-likeness (QED) is 0.334. The number of amides is 1. The molecule has 4 nitrogen and oxygen atoms in total. The highest BCUT2D eigenvalue weighted by atomic mass is 32.1. The van der Waals surface area contributed by atoms with Crippen LogP contribution in [-0.4, -0.2) is 17.5 Å². The Balaban J connectivity index is 1.52. The third kappa shape index (κ3) is 5.87. The zero-order valence-electron chi connectivity index (χ0n) is 16.5. The van der Waals surface area contributed by atoms with Crippen molar-refractivity contribution in [2.75, 3.05) is 6.61 Å². The second-order valence-electron chi connectivity index (χ2n) is 6.70. The molecule has 0 spiro atoms. The lowest BCUT2D eigenvalue weighted by Gasteiger charge is -2.11. The smallest absolute Gasteiger partial charge is 0.251 e. The van der Waals surface area contributed by atoms with Crippen LogP contribution in [-0.2, 0) is 6.54 Å². The number of nitrogens with zero attached hydrogens (tertiary/aromatic N) is 1. The second-order valence-corrected chi connectivity index (χ2v) is 7.58. The summed E-state index contributed by atoms with van der Waals surface area (Å²) < 4.78 is 21.2. The fraction of sp³-hybridized carbons (Fsp3) is 0.304. The summed E-state index contributed by atoms with van der Waals surface area (Å²) in [5.41, 5.74) is 3.54. The number of hydrogen-bond donors (Lipinski definition) is 1. The molecular formula is C23H25FN2O2S. The second kappa shape index (κ2) is 10.7. The van der Waals surface area contributed by atoms with E-state index in [0.29, 0.717) is 17.7 Å². The van der Waals surface area contributed by atoms with Crippen LogP contribution >= 0.6 is 11.3 Å². The minimum Gasteiger partial charge on any atom is -0.490 e. The molecule has 0 saturated heterocycles. The zero-order valence-corrected chi connectivity index (χ0v) is 17.3. The number of halogens is 1. The fourth-order valence-corrected chi connectivity index (χ4v) is 3.58. The first-order chi connectivity index (χ1) is 14.2. The Kier molecular flexibility index (Phi) is 7.76. The maximum Gasteiger partial charge on any atom is 0.251 e. The number of benzene rings is 2. The minimum absolute atomic E-state index is 0.0996. The van der Waals surface area contributed by atoms with Gasteiger partial charge in [0, 0.05) is 17.7 Å². The van der Waals surface area contributed by atoms with Gasteiger partial charge in [0.05, 0.1) is 22.3 Å². The first kappa shape index (κ1) is 21.0. The molecule has 6 heteroatoms. The predicted octanol–water partition coefficient (Wildman–Crippen LogP) is 5.88. The van der Waals surface area contributed by atoms with Gasteiger partial charge < -0.3 is 10.1 Å². The molecule has 152 valence electrons. The summed E-state index contributed by atoms with van der Waals surface area (Å²) >= 11 is 1.48.